The second-order valence-electron chi connectivity index (χ2n) is 7.55. The minimum atomic E-state index is -0.397. The van der Waals surface area contributed by atoms with Crippen LogP contribution in [0.25, 0.3) is 22.4 Å². The third-order valence-electron chi connectivity index (χ3n) is 5.38. The number of halogens is 2. The Morgan fingerprint density at radius 1 is 1.08 bits per heavy atom. The second-order valence-corrected chi connectivity index (χ2v) is 8.49. The second kappa shape index (κ2) is 12.9. The highest BCUT2D eigenvalue weighted by atomic mass is 35.5. The quantitative estimate of drug-likeness (QED) is 0.304. The number of likely N-dealkylation sites (N-methyl/N-ethyl adjacent to an activating group) is 1. The standard InChI is InChI=1S/C26H21N5O3S.2ClH/c1-31(24(33)15-28)17-7-4-6-16(12-17)19-13-21(18-8-2-3-9-22(18)32)29-25(20(19)14-27)30-26(34)23-10-5-11-35-23;;/h2-13,32H,15,28H2,1H3,(H,29,30,34);2*1H. The molecule has 4 N–H and O–H groups in total. The summed E-state index contributed by atoms with van der Waals surface area (Å²) in [5.74, 6) is -0.589. The van der Waals surface area contributed by atoms with Crippen LogP contribution < -0.4 is 16.0 Å². The van der Waals surface area contributed by atoms with Crippen LogP contribution in [-0.2, 0) is 4.79 Å². The first-order valence-corrected chi connectivity index (χ1v) is 11.5. The maximum Gasteiger partial charge on any atom is 0.266 e. The SMILES string of the molecule is CN(C(=O)CN)c1cccc(-c2cc(-c3ccccc3O)nc(NC(=O)c3cccs3)c2C#N)c1.Cl.Cl. The van der Waals surface area contributed by atoms with Crippen molar-refractivity contribution in [2.45, 2.75) is 0 Å². The zero-order chi connectivity index (χ0) is 24.9. The van der Waals surface area contributed by atoms with Crippen molar-refractivity contribution < 1.29 is 14.7 Å². The summed E-state index contributed by atoms with van der Waals surface area (Å²) in [4.78, 5) is 31.3. The molecule has 0 aliphatic rings. The number of para-hydroxylation sites is 1. The molecular weight excluding hydrogens is 533 g/mol. The van der Waals surface area contributed by atoms with Crippen LogP contribution in [0.1, 0.15) is 15.2 Å². The van der Waals surface area contributed by atoms with Gasteiger partial charge in [0.1, 0.15) is 17.4 Å². The lowest BCUT2D eigenvalue weighted by molar-refractivity contribution is -0.117. The number of anilines is 2. The largest absolute Gasteiger partial charge is 0.507 e. The Balaban J connectivity index is 0.00000241. The van der Waals surface area contributed by atoms with E-state index in [0.717, 1.165) is 0 Å². The van der Waals surface area contributed by atoms with Gasteiger partial charge >= 0.3 is 0 Å². The van der Waals surface area contributed by atoms with Crippen LogP contribution in [0, 0.1) is 11.3 Å². The summed E-state index contributed by atoms with van der Waals surface area (Å²) >= 11 is 1.27. The van der Waals surface area contributed by atoms with Gasteiger partial charge < -0.3 is 21.1 Å². The highest BCUT2D eigenvalue weighted by Crippen LogP contribution is 2.36. The number of nitriles is 1. The number of nitrogens with two attached hydrogens (primary N) is 1. The maximum absolute atomic E-state index is 12.8. The topological polar surface area (TPSA) is 132 Å². The Morgan fingerprint density at radius 2 is 1.84 bits per heavy atom. The van der Waals surface area contributed by atoms with Crippen LogP contribution in [0.2, 0.25) is 0 Å². The summed E-state index contributed by atoms with van der Waals surface area (Å²) < 4.78 is 0. The van der Waals surface area contributed by atoms with Gasteiger partial charge in [0.2, 0.25) is 5.91 Å². The molecule has 0 radical (unpaired) electrons. The van der Waals surface area contributed by atoms with Crippen LogP contribution in [-0.4, -0.2) is 35.5 Å². The molecule has 0 fully saturated rings. The number of pyridine rings is 1. The van der Waals surface area contributed by atoms with Gasteiger partial charge in [0.05, 0.1) is 17.1 Å². The van der Waals surface area contributed by atoms with Crippen molar-refractivity contribution in [2.75, 3.05) is 23.8 Å². The molecule has 2 heterocycles. The number of amides is 2. The van der Waals surface area contributed by atoms with E-state index in [2.05, 4.69) is 16.4 Å². The third kappa shape index (κ3) is 6.25. The van der Waals surface area contributed by atoms with E-state index in [1.807, 2.05) is 0 Å². The monoisotopic (exact) mass is 555 g/mol. The predicted molar refractivity (Wildman–Crippen MR) is 151 cm³/mol. The van der Waals surface area contributed by atoms with Gasteiger partial charge in [0.25, 0.3) is 5.91 Å². The lowest BCUT2D eigenvalue weighted by Gasteiger charge is -2.18. The number of aromatic nitrogens is 1. The first kappa shape index (κ1) is 29.3. The van der Waals surface area contributed by atoms with Crippen LogP contribution in [0.15, 0.2) is 72.1 Å². The predicted octanol–water partition coefficient (Wildman–Crippen LogP) is 5.07. The molecule has 0 bridgehead atoms. The van der Waals surface area contributed by atoms with E-state index in [1.165, 1.54) is 22.3 Å². The van der Waals surface area contributed by atoms with Crippen molar-refractivity contribution in [1.29, 1.82) is 5.26 Å². The maximum atomic E-state index is 12.8. The Labute approximate surface area is 230 Å². The molecule has 4 aromatic rings. The molecule has 0 aliphatic heterocycles. The van der Waals surface area contributed by atoms with E-state index in [0.29, 0.717) is 32.9 Å². The van der Waals surface area contributed by atoms with Crippen molar-refractivity contribution in [1.82, 2.24) is 4.98 Å². The van der Waals surface area contributed by atoms with E-state index in [4.69, 9.17) is 5.73 Å². The highest BCUT2D eigenvalue weighted by Gasteiger charge is 2.20. The summed E-state index contributed by atoms with van der Waals surface area (Å²) in [7, 11) is 1.62. The van der Waals surface area contributed by atoms with Crippen molar-refractivity contribution in [3.63, 3.8) is 0 Å². The van der Waals surface area contributed by atoms with Crippen LogP contribution in [0.4, 0.5) is 11.5 Å². The van der Waals surface area contributed by atoms with Crippen LogP contribution >= 0.6 is 36.2 Å². The van der Waals surface area contributed by atoms with E-state index in [-0.39, 0.29) is 54.4 Å². The Bertz CT molecular complexity index is 1460. The number of hydrogen-bond acceptors (Lipinski definition) is 7. The van der Waals surface area contributed by atoms with E-state index >= 15 is 0 Å². The van der Waals surface area contributed by atoms with Crippen molar-refractivity contribution in [3.8, 4) is 34.2 Å². The number of rotatable bonds is 6. The Hall–Kier alpha value is -3.94. The van der Waals surface area contributed by atoms with Crippen LogP contribution in [0.5, 0.6) is 5.75 Å². The highest BCUT2D eigenvalue weighted by molar-refractivity contribution is 7.12. The molecular formula is C26H23Cl2N5O3S. The third-order valence-corrected chi connectivity index (χ3v) is 6.25. The lowest BCUT2D eigenvalue weighted by atomic mass is 9.97. The molecule has 11 heteroatoms. The van der Waals surface area contributed by atoms with Gasteiger partial charge in [-0.25, -0.2) is 4.98 Å². The summed E-state index contributed by atoms with van der Waals surface area (Å²) in [6, 6.07) is 21.0. The van der Waals surface area contributed by atoms with Crippen molar-refractivity contribution in [2.24, 2.45) is 5.73 Å². The van der Waals surface area contributed by atoms with Gasteiger partial charge in [-0.05, 0) is 47.3 Å². The number of carbonyl (C=O) groups is 2. The first-order valence-electron chi connectivity index (χ1n) is 10.6. The zero-order valence-electron chi connectivity index (χ0n) is 19.5. The number of nitrogens with one attached hydrogen (secondary N) is 1. The molecule has 0 saturated carbocycles. The van der Waals surface area contributed by atoms with Crippen LogP contribution in [0.3, 0.4) is 0 Å². The van der Waals surface area contributed by atoms with Gasteiger partial charge in [-0.3, -0.25) is 9.59 Å². The summed E-state index contributed by atoms with van der Waals surface area (Å²) in [5.41, 5.74) is 8.17. The molecule has 2 aromatic carbocycles. The van der Waals surface area contributed by atoms with Gasteiger partial charge in [-0.2, -0.15) is 5.26 Å². The number of benzene rings is 2. The van der Waals surface area contributed by atoms with Gasteiger partial charge in [0.15, 0.2) is 5.82 Å². The minimum absolute atomic E-state index is 0. The molecule has 2 aromatic heterocycles. The average molecular weight is 556 g/mol. The van der Waals surface area contributed by atoms with E-state index < -0.39 is 5.91 Å². The van der Waals surface area contributed by atoms with Gasteiger partial charge in [0, 0.05) is 23.9 Å². The molecule has 0 unspecified atom stereocenters. The van der Waals surface area contributed by atoms with Crippen molar-refractivity contribution >= 4 is 59.5 Å². The molecule has 0 spiro atoms. The molecule has 0 saturated heterocycles. The Kier molecular flexibility index (Phi) is 10.2. The molecule has 2 amide bonds. The smallest absolute Gasteiger partial charge is 0.266 e. The number of thiophene rings is 1. The fourth-order valence-electron chi connectivity index (χ4n) is 3.54. The number of aromatic hydroxyl groups is 1. The van der Waals surface area contributed by atoms with E-state index in [1.54, 1.807) is 73.1 Å². The van der Waals surface area contributed by atoms with Crippen molar-refractivity contribution in [3.05, 3.63) is 82.6 Å². The van der Waals surface area contributed by atoms with Gasteiger partial charge in [-0.15, -0.1) is 36.2 Å². The molecule has 8 nitrogen and oxygen atoms in total. The zero-order valence-corrected chi connectivity index (χ0v) is 22.0. The number of hydrogen-bond donors (Lipinski definition) is 3. The lowest BCUT2D eigenvalue weighted by Crippen LogP contribution is -2.32. The molecule has 0 atom stereocenters. The molecule has 4 rings (SSSR count). The summed E-state index contributed by atoms with van der Waals surface area (Å²) in [6.07, 6.45) is 0. The number of phenols is 1. The fraction of sp³-hybridized carbons (Fsp3) is 0.0769. The van der Waals surface area contributed by atoms with Gasteiger partial charge in [-0.1, -0.05) is 30.3 Å². The minimum Gasteiger partial charge on any atom is -0.507 e. The number of carbonyl (C=O) groups excluding carboxylic acids is 2. The summed E-state index contributed by atoms with van der Waals surface area (Å²) in [5, 5.41) is 25.0. The molecule has 0 aliphatic carbocycles. The molecule has 190 valence electrons. The number of phenolic OH excluding ortho intramolecular Hbond substituents is 1. The fourth-order valence-corrected chi connectivity index (χ4v) is 4.16. The Morgan fingerprint density at radius 3 is 2.49 bits per heavy atom. The average Bonchev–Trinajstić information content (AvgIpc) is 3.43. The number of nitrogens with zero attached hydrogens (tertiary/aromatic N) is 3. The first-order chi connectivity index (χ1) is 16.9. The van der Waals surface area contributed by atoms with E-state index in [9.17, 15) is 20.0 Å². The normalized spacial score (nSPS) is 9.86. The molecule has 37 heavy (non-hydrogen) atoms. The summed E-state index contributed by atoms with van der Waals surface area (Å²) in [6.45, 7) is -0.143.